The number of hydrogen-bond acceptors (Lipinski definition) is 4. The van der Waals surface area contributed by atoms with E-state index in [0.29, 0.717) is 0 Å². The molecule has 0 saturated heterocycles. The molecule has 2 aromatic carbocycles. The van der Waals surface area contributed by atoms with Crippen LogP contribution >= 0.6 is 0 Å². The first-order valence-electron chi connectivity index (χ1n) is 6.79. The van der Waals surface area contributed by atoms with Crippen LogP contribution in [0.3, 0.4) is 0 Å². The molecule has 0 saturated carbocycles. The zero-order valence-corrected chi connectivity index (χ0v) is 12.0. The summed E-state index contributed by atoms with van der Waals surface area (Å²) in [6, 6.07) is 12.9. The number of carbonyl (C=O) groups is 2. The topological polar surface area (TPSA) is 110 Å². The van der Waals surface area contributed by atoms with E-state index in [-0.39, 0.29) is 17.7 Å². The Bertz CT molecular complexity index is 730. The van der Waals surface area contributed by atoms with Gasteiger partial charge in [-0.3, -0.25) is 14.9 Å². The predicted octanol–water partition coefficient (Wildman–Crippen LogP) is 2.02. The van der Waals surface area contributed by atoms with Crippen LogP contribution in [0.1, 0.15) is 15.9 Å². The van der Waals surface area contributed by atoms with Gasteiger partial charge in [0.05, 0.1) is 4.92 Å². The third kappa shape index (κ3) is 4.37. The van der Waals surface area contributed by atoms with Gasteiger partial charge in [0.2, 0.25) is 0 Å². The van der Waals surface area contributed by atoms with E-state index in [1.807, 2.05) is 0 Å². The Morgan fingerprint density at radius 2 is 1.83 bits per heavy atom. The van der Waals surface area contributed by atoms with Crippen LogP contribution < -0.4 is 5.32 Å². The van der Waals surface area contributed by atoms with Gasteiger partial charge in [-0.05, 0) is 11.6 Å². The van der Waals surface area contributed by atoms with Crippen LogP contribution in [-0.4, -0.2) is 27.9 Å². The van der Waals surface area contributed by atoms with E-state index in [1.54, 1.807) is 30.3 Å². The van der Waals surface area contributed by atoms with Gasteiger partial charge >= 0.3 is 5.97 Å². The third-order valence-corrected chi connectivity index (χ3v) is 3.21. The molecule has 2 N–H and O–H groups in total. The molecule has 7 heteroatoms. The summed E-state index contributed by atoms with van der Waals surface area (Å²) < 4.78 is 0. The number of carbonyl (C=O) groups excluding carboxylic acids is 1. The normalized spacial score (nSPS) is 11.5. The molecule has 0 radical (unpaired) electrons. The van der Waals surface area contributed by atoms with Crippen LogP contribution in [0.25, 0.3) is 0 Å². The van der Waals surface area contributed by atoms with Crippen molar-refractivity contribution < 1.29 is 19.6 Å². The van der Waals surface area contributed by atoms with Crippen LogP contribution in [-0.2, 0) is 11.2 Å². The van der Waals surface area contributed by atoms with E-state index >= 15 is 0 Å². The number of carboxylic acids is 1. The van der Waals surface area contributed by atoms with E-state index in [1.165, 1.54) is 18.2 Å². The van der Waals surface area contributed by atoms with E-state index < -0.39 is 22.8 Å². The third-order valence-electron chi connectivity index (χ3n) is 3.21. The predicted molar refractivity (Wildman–Crippen MR) is 82.1 cm³/mol. The number of nitro groups is 1. The van der Waals surface area contributed by atoms with Crippen LogP contribution in [0.15, 0.2) is 54.6 Å². The van der Waals surface area contributed by atoms with Crippen LogP contribution in [0.2, 0.25) is 0 Å². The maximum Gasteiger partial charge on any atom is 0.326 e. The minimum Gasteiger partial charge on any atom is -0.480 e. The number of benzene rings is 2. The molecule has 0 aliphatic heterocycles. The van der Waals surface area contributed by atoms with Crippen molar-refractivity contribution in [2.75, 3.05) is 0 Å². The quantitative estimate of drug-likeness (QED) is 0.626. The molecule has 2 aromatic rings. The lowest BCUT2D eigenvalue weighted by Crippen LogP contribution is -2.42. The van der Waals surface area contributed by atoms with Crippen molar-refractivity contribution in [1.82, 2.24) is 5.32 Å². The lowest BCUT2D eigenvalue weighted by molar-refractivity contribution is -0.384. The Labute approximate surface area is 131 Å². The lowest BCUT2D eigenvalue weighted by Gasteiger charge is -2.14. The maximum absolute atomic E-state index is 12.1. The molecule has 1 amide bonds. The summed E-state index contributed by atoms with van der Waals surface area (Å²) in [6.07, 6.45) is 0.122. The van der Waals surface area contributed by atoms with Gasteiger partial charge in [-0.15, -0.1) is 0 Å². The van der Waals surface area contributed by atoms with Crippen molar-refractivity contribution in [3.63, 3.8) is 0 Å². The second-order valence-corrected chi connectivity index (χ2v) is 4.86. The van der Waals surface area contributed by atoms with Crippen molar-refractivity contribution in [2.24, 2.45) is 0 Å². The molecule has 0 heterocycles. The minimum atomic E-state index is -1.17. The number of non-ortho nitro benzene ring substituents is 1. The van der Waals surface area contributed by atoms with Crippen LogP contribution in [0.4, 0.5) is 5.69 Å². The Morgan fingerprint density at radius 1 is 1.13 bits per heavy atom. The Morgan fingerprint density at radius 3 is 2.43 bits per heavy atom. The molecule has 2 rings (SSSR count). The lowest BCUT2D eigenvalue weighted by atomic mass is 10.1. The fraction of sp³-hybridized carbons (Fsp3) is 0.125. The average Bonchev–Trinajstić information content (AvgIpc) is 2.55. The summed E-state index contributed by atoms with van der Waals surface area (Å²) in [5.41, 5.74) is 0.574. The first kappa shape index (κ1) is 16.2. The van der Waals surface area contributed by atoms with Crippen LogP contribution in [0.5, 0.6) is 0 Å². The van der Waals surface area contributed by atoms with Gasteiger partial charge in [-0.25, -0.2) is 4.79 Å². The van der Waals surface area contributed by atoms with E-state index in [0.717, 1.165) is 11.6 Å². The molecule has 23 heavy (non-hydrogen) atoms. The van der Waals surface area contributed by atoms with Gasteiger partial charge in [0.25, 0.3) is 11.6 Å². The average molecular weight is 314 g/mol. The summed E-state index contributed by atoms with van der Waals surface area (Å²) in [5, 5.41) is 22.4. The highest BCUT2D eigenvalue weighted by Crippen LogP contribution is 2.13. The summed E-state index contributed by atoms with van der Waals surface area (Å²) in [6.45, 7) is 0. The number of hydrogen-bond donors (Lipinski definition) is 2. The standard InChI is InChI=1S/C16H14N2O5/c19-15(12-7-4-8-13(10-12)18(22)23)17-14(16(20)21)9-11-5-2-1-3-6-11/h1-8,10,14H,9H2,(H,17,19)(H,20,21)/t14-/m0/s1. The number of rotatable bonds is 6. The van der Waals surface area contributed by atoms with Gasteiger partial charge < -0.3 is 10.4 Å². The zero-order valence-electron chi connectivity index (χ0n) is 12.0. The number of amides is 1. The van der Waals surface area contributed by atoms with Gasteiger partial charge in [0.1, 0.15) is 6.04 Å². The number of aliphatic carboxylic acids is 1. The van der Waals surface area contributed by atoms with Crippen molar-refractivity contribution >= 4 is 17.6 Å². The molecule has 0 aliphatic carbocycles. The second-order valence-electron chi connectivity index (χ2n) is 4.86. The highest BCUT2D eigenvalue weighted by molar-refractivity contribution is 5.97. The van der Waals surface area contributed by atoms with Gasteiger partial charge in [-0.2, -0.15) is 0 Å². The highest BCUT2D eigenvalue weighted by atomic mass is 16.6. The Balaban J connectivity index is 2.13. The second kappa shape index (κ2) is 7.17. The van der Waals surface area contributed by atoms with Crippen molar-refractivity contribution in [3.8, 4) is 0 Å². The maximum atomic E-state index is 12.1. The van der Waals surface area contributed by atoms with E-state index in [4.69, 9.17) is 0 Å². The van der Waals surface area contributed by atoms with Gasteiger partial charge in [0, 0.05) is 24.1 Å². The minimum absolute atomic E-state index is 0.0403. The molecule has 1 atom stereocenters. The van der Waals surface area contributed by atoms with Gasteiger partial charge in [0.15, 0.2) is 0 Å². The Hall–Kier alpha value is -3.22. The SMILES string of the molecule is O=C(N[C@@H](Cc1ccccc1)C(=O)O)c1cccc([N+](=O)[O-])c1. The number of nitrogens with zero attached hydrogens (tertiary/aromatic N) is 1. The summed E-state index contributed by atoms with van der Waals surface area (Å²) in [4.78, 5) is 33.6. The molecule has 0 spiro atoms. The highest BCUT2D eigenvalue weighted by Gasteiger charge is 2.22. The first-order valence-corrected chi connectivity index (χ1v) is 6.79. The smallest absolute Gasteiger partial charge is 0.326 e. The molecule has 0 aromatic heterocycles. The Kier molecular flexibility index (Phi) is 5.03. The monoisotopic (exact) mass is 314 g/mol. The first-order chi connectivity index (χ1) is 11.0. The van der Waals surface area contributed by atoms with Crippen molar-refractivity contribution in [1.29, 1.82) is 0 Å². The molecule has 0 unspecified atom stereocenters. The molecule has 118 valence electrons. The number of nitrogens with one attached hydrogen (secondary N) is 1. The number of carboxylic acid groups (broad SMARTS) is 1. The molecular formula is C16H14N2O5. The zero-order chi connectivity index (χ0) is 16.8. The molecular weight excluding hydrogens is 300 g/mol. The number of nitro benzene ring substituents is 1. The summed E-state index contributed by atoms with van der Waals surface area (Å²) >= 11 is 0. The molecule has 0 fully saturated rings. The summed E-state index contributed by atoms with van der Waals surface area (Å²) in [7, 11) is 0. The molecule has 0 bridgehead atoms. The van der Waals surface area contributed by atoms with Crippen molar-refractivity contribution in [3.05, 3.63) is 75.8 Å². The van der Waals surface area contributed by atoms with E-state index in [9.17, 15) is 24.8 Å². The summed E-state index contributed by atoms with van der Waals surface area (Å²) in [5.74, 6) is -1.84. The molecule has 7 nitrogen and oxygen atoms in total. The van der Waals surface area contributed by atoms with Crippen LogP contribution in [0, 0.1) is 10.1 Å². The van der Waals surface area contributed by atoms with Gasteiger partial charge in [-0.1, -0.05) is 36.4 Å². The fourth-order valence-electron chi connectivity index (χ4n) is 2.05. The molecule has 0 aliphatic rings. The van der Waals surface area contributed by atoms with Crippen molar-refractivity contribution in [2.45, 2.75) is 12.5 Å². The van der Waals surface area contributed by atoms with E-state index in [2.05, 4.69) is 5.32 Å². The fourth-order valence-corrected chi connectivity index (χ4v) is 2.05. The largest absolute Gasteiger partial charge is 0.480 e.